The van der Waals surface area contributed by atoms with E-state index in [0.29, 0.717) is 17.6 Å². The summed E-state index contributed by atoms with van der Waals surface area (Å²) in [6.45, 7) is 0. The van der Waals surface area contributed by atoms with Crippen molar-refractivity contribution in [2.24, 2.45) is 0 Å². The fourth-order valence-electron chi connectivity index (χ4n) is 2.81. The number of aromatic nitrogens is 3. The Morgan fingerprint density at radius 2 is 1.70 bits per heavy atom. The molecule has 1 amide bonds. The number of methoxy groups -OCH3 is 1. The minimum absolute atomic E-state index is 0.0666. The lowest BCUT2D eigenvalue weighted by atomic mass is 10.1. The minimum Gasteiger partial charge on any atom is -0.497 e. The van der Waals surface area contributed by atoms with E-state index < -0.39 is 0 Å². The molecule has 134 valence electrons. The maximum atomic E-state index is 12.2. The first-order chi connectivity index (χ1) is 13.2. The van der Waals surface area contributed by atoms with E-state index in [0.717, 1.165) is 22.5 Å². The molecule has 0 spiro atoms. The number of hydrogen-bond donors (Lipinski definition) is 1. The van der Waals surface area contributed by atoms with E-state index in [4.69, 9.17) is 4.74 Å². The van der Waals surface area contributed by atoms with Gasteiger partial charge in [0, 0.05) is 5.69 Å². The van der Waals surface area contributed by atoms with Crippen molar-refractivity contribution in [1.82, 2.24) is 15.0 Å². The van der Waals surface area contributed by atoms with Crippen LogP contribution in [0.1, 0.15) is 5.56 Å². The second kappa shape index (κ2) is 7.29. The monoisotopic (exact) mass is 358 g/mol. The maximum absolute atomic E-state index is 12.2. The van der Waals surface area contributed by atoms with Crippen LogP contribution in [0.2, 0.25) is 0 Å². The molecule has 3 aromatic carbocycles. The highest BCUT2D eigenvalue weighted by atomic mass is 16.5. The van der Waals surface area contributed by atoms with Crippen LogP contribution < -0.4 is 10.1 Å². The molecule has 0 atom stereocenters. The highest BCUT2D eigenvalue weighted by Crippen LogP contribution is 2.19. The largest absolute Gasteiger partial charge is 0.497 e. The number of hydrogen-bond acceptors (Lipinski definition) is 4. The molecule has 0 radical (unpaired) electrons. The van der Waals surface area contributed by atoms with E-state index >= 15 is 0 Å². The lowest BCUT2D eigenvalue weighted by Crippen LogP contribution is -2.14. The van der Waals surface area contributed by atoms with Crippen LogP contribution in [-0.2, 0) is 11.2 Å². The predicted molar refractivity (Wildman–Crippen MR) is 104 cm³/mol. The van der Waals surface area contributed by atoms with E-state index in [1.165, 1.54) is 0 Å². The molecular weight excluding hydrogens is 340 g/mol. The van der Waals surface area contributed by atoms with Gasteiger partial charge in [-0.3, -0.25) is 4.79 Å². The number of nitrogens with zero attached hydrogens (tertiary/aromatic N) is 3. The van der Waals surface area contributed by atoms with Gasteiger partial charge in [-0.2, -0.15) is 4.80 Å². The standard InChI is InChI=1S/C21H18N4O2/c1-27-18-10-8-17(9-11-18)25-23-19-12-7-16(14-20(19)24-25)22-21(26)13-15-5-3-2-4-6-15/h2-12,14H,13H2,1H3,(H,22,26). The van der Waals surface area contributed by atoms with Gasteiger partial charge in [0.25, 0.3) is 0 Å². The van der Waals surface area contributed by atoms with Crippen molar-refractivity contribution in [1.29, 1.82) is 0 Å². The van der Waals surface area contributed by atoms with Gasteiger partial charge in [-0.05, 0) is 48.0 Å². The van der Waals surface area contributed by atoms with Crippen LogP contribution in [0.15, 0.2) is 72.8 Å². The molecule has 6 nitrogen and oxygen atoms in total. The smallest absolute Gasteiger partial charge is 0.228 e. The number of carbonyl (C=O) groups excluding carboxylic acids is 1. The number of amides is 1. The fraction of sp³-hybridized carbons (Fsp3) is 0.0952. The maximum Gasteiger partial charge on any atom is 0.228 e. The third-order valence-electron chi connectivity index (χ3n) is 4.17. The summed E-state index contributed by atoms with van der Waals surface area (Å²) >= 11 is 0. The quantitative estimate of drug-likeness (QED) is 0.592. The van der Waals surface area contributed by atoms with Crippen molar-refractivity contribution >= 4 is 22.6 Å². The molecule has 0 saturated heterocycles. The van der Waals surface area contributed by atoms with Crippen molar-refractivity contribution in [2.75, 3.05) is 12.4 Å². The molecule has 1 heterocycles. The van der Waals surface area contributed by atoms with E-state index in [-0.39, 0.29) is 5.91 Å². The predicted octanol–water partition coefficient (Wildman–Crippen LogP) is 3.61. The Hall–Kier alpha value is -3.67. The Bertz CT molecular complexity index is 1070. The normalized spacial score (nSPS) is 10.7. The van der Waals surface area contributed by atoms with Crippen LogP contribution in [0, 0.1) is 0 Å². The summed E-state index contributed by atoms with van der Waals surface area (Å²) in [6, 6.07) is 22.6. The van der Waals surface area contributed by atoms with E-state index in [1.807, 2.05) is 72.8 Å². The topological polar surface area (TPSA) is 69.0 Å². The van der Waals surface area contributed by atoms with Gasteiger partial charge < -0.3 is 10.1 Å². The molecule has 0 aliphatic carbocycles. The van der Waals surface area contributed by atoms with Gasteiger partial charge in [-0.25, -0.2) is 0 Å². The second-order valence-corrected chi connectivity index (χ2v) is 6.10. The zero-order chi connectivity index (χ0) is 18.6. The Morgan fingerprint density at radius 3 is 2.44 bits per heavy atom. The second-order valence-electron chi connectivity index (χ2n) is 6.10. The molecule has 0 unspecified atom stereocenters. The Kier molecular flexibility index (Phi) is 4.53. The third-order valence-corrected chi connectivity index (χ3v) is 4.17. The van der Waals surface area contributed by atoms with Crippen LogP contribution >= 0.6 is 0 Å². The van der Waals surface area contributed by atoms with Crippen LogP contribution in [-0.4, -0.2) is 28.0 Å². The lowest BCUT2D eigenvalue weighted by molar-refractivity contribution is -0.115. The molecule has 1 aromatic heterocycles. The van der Waals surface area contributed by atoms with Gasteiger partial charge in [-0.15, -0.1) is 10.2 Å². The lowest BCUT2D eigenvalue weighted by Gasteiger charge is -2.04. The Balaban J connectivity index is 1.52. The number of carbonyl (C=O) groups is 1. The molecule has 4 aromatic rings. The van der Waals surface area contributed by atoms with Crippen molar-refractivity contribution in [3.63, 3.8) is 0 Å². The SMILES string of the molecule is COc1ccc(-n2nc3ccc(NC(=O)Cc4ccccc4)cc3n2)cc1. The first kappa shape index (κ1) is 16.8. The van der Waals surface area contributed by atoms with Crippen LogP contribution in [0.5, 0.6) is 5.75 Å². The number of rotatable bonds is 5. The molecule has 0 fully saturated rings. The number of anilines is 1. The zero-order valence-corrected chi connectivity index (χ0v) is 14.8. The number of nitrogens with one attached hydrogen (secondary N) is 1. The average Bonchev–Trinajstić information content (AvgIpc) is 3.12. The average molecular weight is 358 g/mol. The summed E-state index contributed by atoms with van der Waals surface area (Å²) in [5.74, 6) is 0.710. The summed E-state index contributed by atoms with van der Waals surface area (Å²) in [6.07, 6.45) is 0.331. The minimum atomic E-state index is -0.0666. The van der Waals surface area contributed by atoms with Crippen molar-refractivity contribution in [2.45, 2.75) is 6.42 Å². The highest BCUT2D eigenvalue weighted by Gasteiger charge is 2.08. The fourth-order valence-corrected chi connectivity index (χ4v) is 2.81. The van der Waals surface area contributed by atoms with E-state index in [2.05, 4.69) is 15.5 Å². The molecule has 6 heteroatoms. The first-order valence-corrected chi connectivity index (χ1v) is 8.56. The summed E-state index contributed by atoms with van der Waals surface area (Å²) in [4.78, 5) is 13.8. The van der Waals surface area contributed by atoms with E-state index in [1.54, 1.807) is 11.9 Å². The summed E-state index contributed by atoms with van der Waals surface area (Å²) < 4.78 is 5.17. The van der Waals surface area contributed by atoms with Gasteiger partial charge in [0.1, 0.15) is 16.8 Å². The molecule has 1 N–H and O–H groups in total. The molecule has 0 bridgehead atoms. The van der Waals surface area contributed by atoms with E-state index in [9.17, 15) is 4.79 Å². The van der Waals surface area contributed by atoms with Gasteiger partial charge >= 0.3 is 0 Å². The molecule has 0 aliphatic rings. The Labute approximate surface area is 156 Å². The van der Waals surface area contributed by atoms with Crippen LogP contribution in [0.4, 0.5) is 5.69 Å². The molecule has 0 saturated carbocycles. The summed E-state index contributed by atoms with van der Waals surface area (Å²) in [7, 11) is 1.63. The van der Waals surface area contributed by atoms with Crippen LogP contribution in [0.25, 0.3) is 16.7 Å². The van der Waals surface area contributed by atoms with Gasteiger partial charge in [-0.1, -0.05) is 30.3 Å². The van der Waals surface area contributed by atoms with Gasteiger partial charge in [0.05, 0.1) is 19.2 Å². The molecule has 27 heavy (non-hydrogen) atoms. The highest BCUT2D eigenvalue weighted by molar-refractivity contribution is 5.94. The summed E-state index contributed by atoms with van der Waals surface area (Å²) in [5.41, 5.74) is 3.98. The number of fused-ring (bicyclic) bond motifs is 1. The van der Waals surface area contributed by atoms with Crippen LogP contribution in [0.3, 0.4) is 0 Å². The van der Waals surface area contributed by atoms with Crippen molar-refractivity contribution in [3.8, 4) is 11.4 Å². The third kappa shape index (κ3) is 3.79. The first-order valence-electron chi connectivity index (χ1n) is 8.56. The number of ether oxygens (including phenoxy) is 1. The van der Waals surface area contributed by atoms with Gasteiger partial charge in [0.15, 0.2) is 0 Å². The molecule has 4 rings (SSSR count). The molecular formula is C21H18N4O2. The summed E-state index contributed by atoms with van der Waals surface area (Å²) in [5, 5.41) is 11.9. The van der Waals surface area contributed by atoms with Crippen molar-refractivity contribution in [3.05, 3.63) is 78.4 Å². The van der Waals surface area contributed by atoms with Crippen molar-refractivity contribution < 1.29 is 9.53 Å². The zero-order valence-electron chi connectivity index (χ0n) is 14.8. The Morgan fingerprint density at radius 1 is 0.963 bits per heavy atom. The van der Waals surface area contributed by atoms with Gasteiger partial charge in [0.2, 0.25) is 5.91 Å². The number of benzene rings is 3. The molecule has 0 aliphatic heterocycles.